The highest BCUT2D eigenvalue weighted by atomic mass is 35.5. The van der Waals surface area contributed by atoms with Gasteiger partial charge < -0.3 is 0 Å². The maximum absolute atomic E-state index is 10.4. The van der Waals surface area contributed by atoms with Crippen LogP contribution in [0.3, 0.4) is 0 Å². The third-order valence-corrected chi connectivity index (χ3v) is 5.48. The minimum absolute atomic E-state index is 0.422. The average Bonchev–Trinajstić information content (AvgIpc) is 2.59. The Morgan fingerprint density at radius 1 is 1.04 bits per heavy atom. The highest BCUT2D eigenvalue weighted by molar-refractivity contribution is 7.99. The van der Waals surface area contributed by atoms with Crippen molar-refractivity contribution in [1.82, 2.24) is 0 Å². The van der Waals surface area contributed by atoms with Crippen molar-refractivity contribution >= 4 is 70.7 Å². The summed E-state index contributed by atoms with van der Waals surface area (Å²) in [6, 6.07) is 11.2. The van der Waals surface area contributed by atoms with E-state index in [1.165, 1.54) is 29.2 Å². The van der Waals surface area contributed by atoms with Gasteiger partial charge in [-0.3, -0.25) is 15.0 Å². The van der Waals surface area contributed by atoms with Gasteiger partial charge in [0.05, 0.1) is 15.7 Å². The second-order valence-electron chi connectivity index (χ2n) is 4.32. The van der Waals surface area contributed by atoms with Gasteiger partial charge in [-0.25, -0.2) is 0 Å². The summed E-state index contributed by atoms with van der Waals surface area (Å²) >= 11 is 15.7. The van der Waals surface area contributed by atoms with Gasteiger partial charge >= 0.3 is 0 Å². The van der Waals surface area contributed by atoms with E-state index in [0.29, 0.717) is 20.6 Å². The fraction of sp³-hybridized carbons (Fsp3) is 0.0625. The van der Waals surface area contributed by atoms with Crippen molar-refractivity contribution in [3.05, 3.63) is 46.4 Å². The maximum atomic E-state index is 10.4. The van der Waals surface area contributed by atoms with Crippen LogP contribution in [0.15, 0.2) is 56.2 Å². The number of hydrogen-bond donors (Lipinski definition) is 1. The number of halogens is 2. The average molecular weight is 397 g/mol. The molecule has 2 aromatic rings. The maximum Gasteiger partial charge on any atom is 0.259 e. The van der Waals surface area contributed by atoms with E-state index in [-0.39, 0.29) is 0 Å². The Morgan fingerprint density at radius 2 is 1.58 bits per heavy atom. The monoisotopic (exact) mass is 396 g/mol. The van der Waals surface area contributed by atoms with E-state index in [0.717, 1.165) is 4.90 Å². The summed E-state index contributed by atoms with van der Waals surface area (Å²) in [6.07, 6.45) is 4.71. The van der Waals surface area contributed by atoms with Crippen LogP contribution in [-0.2, 0) is 9.59 Å². The van der Waals surface area contributed by atoms with Crippen LogP contribution in [-0.4, -0.2) is 24.5 Å². The van der Waals surface area contributed by atoms with Crippen LogP contribution in [0.25, 0.3) is 0 Å². The quantitative estimate of drug-likeness (QED) is 0.313. The SMILES string of the molecule is CSc1ccc(Sc2c(Cl)cc(NN=C([C]=O)[C]=O)cc2Cl)cc1. The van der Waals surface area contributed by atoms with Gasteiger partial charge in [-0.05, 0) is 42.7 Å². The molecule has 0 spiro atoms. The molecule has 0 saturated heterocycles. The van der Waals surface area contributed by atoms with Crippen LogP contribution in [0.2, 0.25) is 10.0 Å². The standard InChI is InChI=1S/C16H10Cl2N2O2S2/c1-23-12-2-4-13(5-3-12)24-16-14(17)6-10(7-15(16)18)19-20-11(8-21)9-22/h2-7,19H,1H3. The lowest BCUT2D eigenvalue weighted by atomic mass is 10.3. The summed E-state index contributed by atoms with van der Waals surface area (Å²) in [6.45, 7) is 0. The number of rotatable bonds is 7. The molecule has 0 bridgehead atoms. The van der Waals surface area contributed by atoms with Gasteiger partial charge in [0.1, 0.15) is 0 Å². The smallest absolute Gasteiger partial charge is 0.259 e. The molecule has 0 heterocycles. The number of carbonyl (C=O) groups excluding carboxylic acids is 2. The van der Waals surface area contributed by atoms with Crippen molar-refractivity contribution in [2.75, 3.05) is 11.7 Å². The summed E-state index contributed by atoms with van der Waals surface area (Å²) in [5.74, 6) is 0. The van der Waals surface area contributed by atoms with Crippen LogP contribution in [0.4, 0.5) is 5.69 Å². The molecule has 0 unspecified atom stereocenters. The van der Waals surface area contributed by atoms with E-state index in [9.17, 15) is 9.59 Å². The second kappa shape index (κ2) is 9.13. The van der Waals surface area contributed by atoms with Crippen LogP contribution in [0, 0.1) is 0 Å². The van der Waals surface area contributed by atoms with Gasteiger partial charge in [0.25, 0.3) is 12.6 Å². The van der Waals surface area contributed by atoms with Crippen molar-refractivity contribution in [3.63, 3.8) is 0 Å². The number of thioether (sulfide) groups is 1. The molecule has 0 aromatic heterocycles. The molecule has 122 valence electrons. The van der Waals surface area contributed by atoms with Gasteiger partial charge in [-0.15, -0.1) is 11.8 Å². The fourth-order valence-corrected chi connectivity index (χ4v) is 3.62. The van der Waals surface area contributed by atoms with Crippen LogP contribution in [0.1, 0.15) is 0 Å². The first-order valence-electron chi connectivity index (χ1n) is 6.48. The largest absolute Gasteiger partial charge is 0.283 e. The molecule has 0 saturated carbocycles. The molecule has 8 heteroatoms. The lowest BCUT2D eigenvalue weighted by molar-refractivity contribution is 0.561. The van der Waals surface area contributed by atoms with Crippen molar-refractivity contribution in [3.8, 4) is 0 Å². The fourth-order valence-electron chi connectivity index (χ4n) is 1.67. The zero-order valence-corrected chi connectivity index (χ0v) is 15.4. The Morgan fingerprint density at radius 3 is 2.08 bits per heavy atom. The Bertz CT molecular complexity index is 747. The van der Waals surface area contributed by atoms with E-state index in [1.54, 1.807) is 23.9 Å². The summed E-state index contributed by atoms with van der Waals surface area (Å²) in [5, 5.41) is 4.38. The first-order chi connectivity index (χ1) is 11.6. The Labute approximate surface area is 158 Å². The van der Waals surface area contributed by atoms with Crippen molar-refractivity contribution in [1.29, 1.82) is 0 Å². The molecule has 0 amide bonds. The number of nitrogens with zero attached hydrogens (tertiary/aromatic N) is 1. The minimum Gasteiger partial charge on any atom is -0.283 e. The number of hydrazone groups is 1. The Kier molecular flexibility index (Phi) is 7.17. The summed E-state index contributed by atoms with van der Waals surface area (Å²) in [5.41, 5.74) is 2.45. The van der Waals surface area contributed by atoms with E-state index in [4.69, 9.17) is 23.2 Å². The first kappa shape index (κ1) is 18.9. The van der Waals surface area contributed by atoms with Gasteiger partial charge in [-0.2, -0.15) is 5.10 Å². The highest BCUT2D eigenvalue weighted by Gasteiger charge is 2.10. The van der Waals surface area contributed by atoms with Crippen LogP contribution < -0.4 is 5.43 Å². The van der Waals surface area contributed by atoms with Crippen LogP contribution in [0.5, 0.6) is 0 Å². The molecule has 1 N–H and O–H groups in total. The lowest BCUT2D eigenvalue weighted by Gasteiger charge is -2.10. The third-order valence-electron chi connectivity index (χ3n) is 2.77. The Balaban J connectivity index is 2.21. The van der Waals surface area contributed by atoms with Gasteiger partial charge in [0.15, 0.2) is 5.71 Å². The second-order valence-corrected chi connectivity index (χ2v) is 7.10. The molecular formula is C16H10Cl2N2O2S2. The molecule has 24 heavy (non-hydrogen) atoms. The first-order valence-corrected chi connectivity index (χ1v) is 9.28. The highest BCUT2D eigenvalue weighted by Crippen LogP contribution is 2.40. The molecule has 0 atom stereocenters. The van der Waals surface area contributed by atoms with Crippen molar-refractivity contribution in [2.45, 2.75) is 14.7 Å². The predicted octanol–water partition coefficient (Wildman–Crippen LogP) is 4.85. The topological polar surface area (TPSA) is 58.5 Å². The number of benzene rings is 2. The zero-order chi connectivity index (χ0) is 17.5. The van der Waals surface area contributed by atoms with E-state index in [1.807, 2.05) is 30.5 Å². The Hall–Kier alpha value is -1.47. The van der Waals surface area contributed by atoms with Gasteiger partial charge in [0.2, 0.25) is 0 Å². The molecular weight excluding hydrogens is 387 g/mol. The third kappa shape index (κ3) is 5.01. The number of nitrogens with one attached hydrogen (secondary N) is 1. The summed E-state index contributed by atoms with van der Waals surface area (Å²) in [4.78, 5) is 23.6. The molecule has 0 aliphatic rings. The lowest BCUT2D eigenvalue weighted by Crippen LogP contribution is -2.04. The number of hydrogen-bond acceptors (Lipinski definition) is 6. The molecule has 2 rings (SSSR count). The number of anilines is 1. The predicted molar refractivity (Wildman–Crippen MR) is 101 cm³/mol. The molecule has 0 fully saturated rings. The summed E-state index contributed by atoms with van der Waals surface area (Å²) in [7, 11) is 0. The van der Waals surface area contributed by atoms with Gasteiger partial charge in [0, 0.05) is 14.7 Å². The van der Waals surface area contributed by atoms with Gasteiger partial charge in [-0.1, -0.05) is 35.0 Å². The molecule has 0 aliphatic carbocycles. The molecule has 2 aromatic carbocycles. The van der Waals surface area contributed by atoms with E-state index in [2.05, 4.69) is 10.5 Å². The normalized spacial score (nSPS) is 10.1. The van der Waals surface area contributed by atoms with Crippen LogP contribution >= 0.6 is 46.7 Å². The molecule has 2 radical (unpaired) electrons. The van der Waals surface area contributed by atoms with E-state index >= 15 is 0 Å². The zero-order valence-electron chi connectivity index (χ0n) is 12.3. The molecule has 4 nitrogen and oxygen atoms in total. The van der Waals surface area contributed by atoms with Crippen molar-refractivity contribution < 1.29 is 9.59 Å². The molecule has 0 aliphatic heterocycles. The van der Waals surface area contributed by atoms with E-state index < -0.39 is 5.71 Å². The minimum atomic E-state index is -0.505. The summed E-state index contributed by atoms with van der Waals surface area (Å²) < 4.78 is 0. The van der Waals surface area contributed by atoms with Crippen molar-refractivity contribution in [2.24, 2.45) is 5.10 Å².